The van der Waals surface area contributed by atoms with Crippen LogP contribution in [0, 0.1) is 0 Å². The Morgan fingerprint density at radius 3 is 2.31 bits per heavy atom. The van der Waals surface area contributed by atoms with Gasteiger partial charge in [0.05, 0.1) is 11.3 Å². The van der Waals surface area contributed by atoms with E-state index >= 15 is 0 Å². The lowest BCUT2D eigenvalue weighted by Gasteiger charge is -2.15. The van der Waals surface area contributed by atoms with Gasteiger partial charge in [-0.25, -0.2) is 0 Å². The number of hydrogen-bond acceptors (Lipinski definition) is 3. The van der Waals surface area contributed by atoms with Gasteiger partial charge in [-0.1, -0.05) is 15.9 Å². The molecule has 0 aliphatic rings. The van der Waals surface area contributed by atoms with E-state index in [-0.39, 0.29) is 5.69 Å². The zero-order chi connectivity index (χ0) is 19.3. The summed E-state index contributed by atoms with van der Waals surface area (Å²) < 4.78 is 45.7. The minimum atomic E-state index is -4.70. The largest absolute Gasteiger partial charge is 0.484 e. The summed E-state index contributed by atoms with van der Waals surface area (Å²) in [4.78, 5) is 22.9. The first kappa shape index (κ1) is 19.8. The number of anilines is 2. The summed E-state index contributed by atoms with van der Waals surface area (Å²) >= 11 is 3.25. The molecule has 0 atom stereocenters. The number of carbonyl (C=O) groups excluding carboxylic acids is 2. The molecular formula is C17H14BrF3N2O3. The molecule has 0 fully saturated rings. The molecule has 2 rings (SSSR count). The maximum atomic E-state index is 13.2. The minimum Gasteiger partial charge on any atom is -0.484 e. The van der Waals surface area contributed by atoms with Crippen LogP contribution >= 0.6 is 15.9 Å². The summed E-state index contributed by atoms with van der Waals surface area (Å²) in [7, 11) is 0. The van der Waals surface area contributed by atoms with Crippen molar-refractivity contribution in [1.82, 2.24) is 0 Å². The number of benzene rings is 2. The second-order valence-electron chi connectivity index (χ2n) is 5.23. The van der Waals surface area contributed by atoms with Crippen LogP contribution in [0.2, 0.25) is 0 Å². The van der Waals surface area contributed by atoms with E-state index in [4.69, 9.17) is 4.74 Å². The van der Waals surface area contributed by atoms with Crippen LogP contribution in [0.3, 0.4) is 0 Å². The van der Waals surface area contributed by atoms with Gasteiger partial charge < -0.3 is 15.4 Å². The molecule has 0 radical (unpaired) electrons. The van der Waals surface area contributed by atoms with E-state index in [0.717, 1.165) is 16.6 Å². The Morgan fingerprint density at radius 2 is 1.73 bits per heavy atom. The number of hydrogen-bond donors (Lipinski definition) is 2. The van der Waals surface area contributed by atoms with Gasteiger partial charge in [0.25, 0.3) is 5.91 Å². The molecule has 2 amide bonds. The van der Waals surface area contributed by atoms with Gasteiger partial charge in [0.2, 0.25) is 5.91 Å². The van der Waals surface area contributed by atoms with Gasteiger partial charge >= 0.3 is 6.18 Å². The van der Waals surface area contributed by atoms with Crippen molar-refractivity contribution in [3.05, 3.63) is 52.5 Å². The summed E-state index contributed by atoms with van der Waals surface area (Å²) in [6.45, 7) is 0.731. The summed E-state index contributed by atoms with van der Waals surface area (Å²) in [5.74, 6) is -0.844. The first-order valence-electron chi connectivity index (χ1n) is 7.32. The number of carbonyl (C=O) groups is 2. The molecule has 0 bridgehead atoms. The highest BCUT2D eigenvalue weighted by Crippen LogP contribution is 2.36. The van der Waals surface area contributed by atoms with Gasteiger partial charge in [0.1, 0.15) is 5.75 Å². The predicted octanol–water partition coefficient (Wildman–Crippen LogP) is 4.44. The van der Waals surface area contributed by atoms with Crippen molar-refractivity contribution in [1.29, 1.82) is 0 Å². The fraction of sp³-hybridized carbons (Fsp3) is 0.176. The van der Waals surface area contributed by atoms with Gasteiger partial charge in [-0.15, -0.1) is 0 Å². The van der Waals surface area contributed by atoms with Crippen molar-refractivity contribution >= 4 is 39.1 Å². The topological polar surface area (TPSA) is 67.4 Å². The lowest BCUT2D eigenvalue weighted by Crippen LogP contribution is -2.22. The monoisotopic (exact) mass is 430 g/mol. The molecule has 26 heavy (non-hydrogen) atoms. The van der Waals surface area contributed by atoms with E-state index in [9.17, 15) is 22.8 Å². The summed E-state index contributed by atoms with van der Waals surface area (Å²) in [5, 5.41) is 4.44. The number of amides is 2. The number of ether oxygens (including phenoxy) is 1. The van der Waals surface area contributed by atoms with Crippen molar-refractivity contribution in [2.24, 2.45) is 0 Å². The van der Waals surface area contributed by atoms with Gasteiger partial charge in [0.15, 0.2) is 6.61 Å². The fourth-order valence-corrected chi connectivity index (χ4v) is 2.30. The van der Waals surface area contributed by atoms with Crippen LogP contribution in [0.25, 0.3) is 0 Å². The van der Waals surface area contributed by atoms with Gasteiger partial charge in [0, 0.05) is 17.1 Å². The third-order valence-electron chi connectivity index (χ3n) is 3.10. The van der Waals surface area contributed by atoms with Crippen molar-refractivity contribution in [2.45, 2.75) is 13.1 Å². The number of halogens is 4. The molecule has 0 heterocycles. The zero-order valence-electron chi connectivity index (χ0n) is 13.5. The Morgan fingerprint density at radius 1 is 1.08 bits per heavy atom. The number of rotatable bonds is 5. The standard InChI is InChI=1S/C17H14BrF3N2O3/c1-10(24)22-12-4-7-15(14(8-12)17(19,20)21)23-16(25)9-26-13-5-2-11(18)3-6-13/h2-8H,9H2,1H3,(H,22,24)(H,23,25). The average molecular weight is 431 g/mol. The molecule has 0 saturated heterocycles. The van der Waals surface area contributed by atoms with Crippen LogP contribution in [-0.4, -0.2) is 18.4 Å². The molecule has 0 saturated carbocycles. The molecule has 138 valence electrons. The van der Waals surface area contributed by atoms with Crippen LogP contribution < -0.4 is 15.4 Å². The second-order valence-corrected chi connectivity index (χ2v) is 6.15. The second kappa shape index (κ2) is 8.22. The molecular weight excluding hydrogens is 417 g/mol. The van der Waals surface area contributed by atoms with Gasteiger partial charge in [-0.05, 0) is 42.5 Å². The maximum Gasteiger partial charge on any atom is 0.418 e. The highest BCUT2D eigenvalue weighted by atomic mass is 79.9. The Bertz CT molecular complexity index is 808. The highest BCUT2D eigenvalue weighted by Gasteiger charge is 2.34. The van der Waals surface area contributed by atoms with Gasteiger partial charge in [-0.2, -0.15) is 13.2 Å². The molecule has 9 heteroatoms. The van der Waals surface area contributed by atoms with E-state index in [1.165, 1.54) is 13.0 Å². The molecule has 0 unspecified atom stereocenters. The predicted molar refractivity (Wildman–Crippen MR) is 94.0 cm³/mol. The van der Waals surface area contributed by atoms with Crippen molar-refractivity contribution in [2.75, 3.05) is 17.2 Å². The lowest BCUT2D eigenvalue weighted by atomic mass is 10.1. The van der Waals surface area contributed by atoms with Crippen LogP contribution in [0.4, 0.5) is 24.5 Å². The third-order valence-corrected chi connectivity index (χ3v) is 3.63. The van der Waals surface area contributed by atoms with Crippen molar-refractivity contribution in [3.8, 4) is 5.75 Å². The average Bonchev–Trinajstić information content (AvgIpc) is 2.54. The van der Waals surface area contributed by atoms with Crippen LogP contribution in [0.15, 0.2) is 46.9 Å². The highest BCUT2D eigenvalue weighted by molar-refractivity contribution is 9.10. The molecule has 0 aromatic heterocycles. The summed E-state index contributed by atoms with van der Waals surface area (Å²) in [6, 6.07) is 9.73. The Hall–Kier alpha value is -2.55. The molecule has 2 aromatic rings. The number of nitrogens with one attached hydrogen (secondary N) is 2. The Balaban J connectivity index is 2.10. The fourth-order valence-electron chi connectivity index (χ4n) is 2.03. The normalized spacial score (nSPS) is 11.0. The van der Waals surface area contributed by atoms with Crippen LogP contribution in [0.1, 0.15) is 12.5 Å². The van der Waals surface area contributed by atoms with E-state index in [1.54, 1.807) is 24.3 Å². The molecule has 2 N–H and O–H groups in total. The smallest absolute Gasteiger partial charge is 0.418 e. The van der Waals surface area contributed by atoms with E-state index in [1.807, 2.05) is 0 Å². The molecule has 0 aliphatic carbocycles. The number of alkyl halides is 3. The molecule has 0 aliphatic heterocycles. The van der Waals surface area contributed by atoms with Gasteiger partial charge in [-0.3, -0.25) is 9.59 Å². The summed E-state index contributed by atoms with van der Waals surface area (Å²) in [5.41, 5.74) is -1.51. The Kier molecular flexibility index (Phi) is 6.25. The first-order valence-corrected chi connectivity index (χ1v) is 8.11. The maximum absolute atomic E-state index is 13.2. The lowest BCUT2D eigenvalue weighted by molar-refractivity contribution is -0.137. The molecule has 0 spiro atoms. The first-order chi connectivity index (χ1) is 12.1. The van der Waals surface area contributed by atoms with Crippen molar-refractivity contribution in [3.63, 3.8) is 0 Å². The van der Waals surface area contributed by atoms with E-state index in [2.05, 4.69) is 26.6 Å². The van der Waals surface area contributed by atoms with E-state index < -0.39 is 35.8 Å². The molecule has 2 aromatic carbocycles. The van der Waals surface area contributed by atoms with Crippen LogP contribution in [0.5, 0.6) is 5.75 Å². The van der Waals surface area contributed by atoms with E-state index in [0.29, 0.717) is 5.75 Å². The minimum absolute atomic E-state index is 0.0195. The van der Waals surface area contributed by atoms with Crippen LogP contribution in [-0.2, 0) is 15.8 Å². The quantitative estimate of drug-likeness (QED) is 0.736. The molecule has 5 nitrogen and oxygen atoms in total. The SMILES string of the molecule is CC(=O)Nc1ccc(NC(=O)COc2ccc(Br)cc2)c(C(F)(F)F)c1. The third kappa shape index (κ3) is 5.76. The Labute approximate surface area is 155 Å². The van der Waals surface area contributed by atoms with Crippen molar-refractivity contribution < 1.29 is 27.5 Å². The zero-order valence-corrected chi connectivity index (χ0v) is 15.1. The summed E-state index contributed by atoms with van der Waals surface area (Å²) in [6.07, 6.45) is -4.70.